The van der Waals surface area contributed by atoms with Gasteiger partial charge in [0.2, 0.25) is 0 Å². The van der Waals surface area contributed by atoms with E-state index >= 15 is 0 Å². The van der Waals surface area contributed by atoms with Gasteiger partial charge in [0.1, 0.15) is 0 Å². The Labute approximate surface area is 375 Å². The lowest BCUT2D eigenvalue weighted by atomic mass is 9.82. The Balaban J connectivity index is 1.13. The first-order chi connectivity index (χ1) is 31.5. The zero-order valence-corrected chi connectivity index (χ0v) is 36.0. The van der Waals surface area contributed by atoms with Gasteiger partial charge in [-0.1, -0.05) is 208 Å². The molecule has 1 aliphatic carbocycles. The largest absolute Gasteiger partial charge is 0.310 e. The van der Waals surface area contributed by atoms with Crippen molar-refractivity contribution in [2.24, 2.45) is 0 Å². The molecule has 0 aliphatic heterocycles. The predicted molar refractivity (Wildman–Crippen MR) is 273 cm³/mol. The third-order valence-corrected chi connectivity index (χ3v) is 13.7. The number of nitrogens with zero attached hydrogens (tertiary/aromatic N) is 1. The van der Waals surface area contributed by atoms with E-state index in [0.717, 1.165) is 17.1 Å². The average Bonchev–Trinajstić information content (AvgIpc) is 3.59. The number of hydrogen-bond donors (Lipinski definition) is 0. The first kappa shape index (κ1) is 37.7. The predicted octanol–water partition coefficient (Wildman–Crippen LogP) is 17.6. The standard InChI is InChI=1S/C63H45N/c1-63(2)59-29-15-14-27-55(59)56-38-37-49(41-60(56)63)64(48-35-33-44(34-36-48)51-23-11-10-22-50(51)43-18-4-3-5-19-43)61-30-16-28-57(62(61)47-32-31-42-17-6-7-20-45(42)39-47)58-40-46-21-8-9-24-52(46)53-25-12-13-26-54(53)58/h3-41H,1-2H3. The SMILES string of the molecule is CC1(C)c2ccccc2-c2ccc(N(c3ccc(-c4ccccc4-c4ccccc4)cc3)c3cccc(-c4cc5ccccc5c5ccccc45)c3-c3ccc4ccccc4c3)cc21. The van der Waals surface area contributed by atoms with Crippen LogP contribution in [0.2, 0.25) is 0 Å². The van der Waals surface area contributed by atoms with Crippen LogP contribution in [0.4, 0.5) is 17.1 Å². The summed E-state index contributed by atoms with van der Waals surface area (Å²) in [6.07, 6.45) is 0. The van der Waals surface area contributed by atoms with Crippen LogP contribution in [0.15, 0.2) is 237 Å². The lowest BCUT2D eigenvalue weighted by Gasteiger charge is -2.31. The second-order valence-electron chi connectivity index (χ2n) is 17.6. The highest BCUT2D eigenvalue weighted by molar-refractivity contribution is 6.16. The molecule has 0 fully saturated rings. The van der Waals surface area contributed by atoms with E-state index in [1.165, 1.54) is 99.1 Å². The third kappa shape index (κ3) is 6.15. The van der Waals surface area contributed by atoms with Crippen molar-refractivity contribution in [2.75, 3.05) is 4.90 Å². The molecule has 1 nitrogen and oxygen atoms in total. The minimum atomic E-state index is -0.161. The number of hydrogen-bond acceptors (Lipinski definition) is 1. The molecule has 11 aromatic carbocycles. The van der Waals surface area contributed by atoms with Crippen LogP contribution >= 0.6 is 0 Å². The molecule has 1 aliphatic rings. The van der Waals surface area contributed by atoms with Crippen LogP contribution in [0.3, 0.4) is 0 Å². The topological polar surface area (TPSA) is 3.24 Å². The summed E-state index contributed by atoms with van der Waals surface area (Å²) in [7, 11) is 0. The molecule has 0 aromatic heterocycles. The molecule has 0 amide bonds. The van der Waals surface area contributed by atoms with Gasteiger partial charge in [0.05, 0.1) is 5.69 Å². The van der Waals surface area contributed by atoms with Crippen LogP contribution in [-0.4, -0.2) is 0 Å². The first-order valence-corrected chi connectivity index (χ1v) is 22.3. The van der Waals surface area contributed by atoms with Gasteiger partial charge in [-0.05, 0) is 136 Å². The van der Waals surface area contributed by atoms with E-state index in [1.807, 2.05) is 0 Å². The molecule has 1 heteroatoms. The minimum Gasteiger partial charge on any atom is -0.310 e. The molecular formula is C63H45N. The summed E-state index contributed by atoms with van der Waals surface area (Å²) in [6, 6.07) is 87.4. The van der Waals surface area contributed by atoms with Crippen molar-refractivity contribution in [2.45, 2.75) is 19.3 Å². The summed E-state index contributed by atoms with van der Waals surface area (Å²) < 4.78 is 0. The van der Waals surface area contributed by atoms with Gasteiger partial charge in [0.15, 0.2) is 0 Å². The van der Waals surface area contributed by atoms with Crippen molar-refractivity contribution in [1.29, 1.82) is 0 Å². The Morgan fingerprint density at radius 1 is 0.297 bits per heavy atom. The van der Waals surface area contributed by atoms with Crippen LogP contribution in [0.25, 0.3) is 88.0 Å². The van der Waals surface area contributed by atoms with E-state index in [-0.39, 0.29) is 5.41 Å². The second kappa shape index (κ2) is 15.1. The van der Waals surface area contributed by atoms with E-state index in [1.54, 1.807) is 0 Å². The van der Waals surface area contributed by atoms with Gasteiger partial charge in [0.25, 0.3) is 0 Å². The van der Waals surface area contributed by atoms with Gasteiger partial charge in [0, 0.05) is 22.4 Å². The van der Waals surface area contributed by atoms with Crippen molar-refractivity contribution >= 4 is 49.4 Å². The molecule has 0 saturated heterocycles. The van der Waals surface area contributed by atoms with Gasteiger partial charge in [-0.15, -0.1) is 0 Å². The van der Waals surface area contributed by atoms with Crippen molar-refractivity contribution in [3.05, 3.63) is 248 Å². The van der Waals surface area contributed by atoms with E-state index in [0.29, 0.717) is 0 Å². The smallest absolute Gasteiger partial charge is 0.0546 e. The first-order valence-electron chi connectivity index (χ1n) is 22.3. The highest BCUT2D eigenvalue weighted by atomic mass is 15.1. The zero-order chi connectivity index (χ0) is 42.8. The molecule has 0 bridgehead atoms. The van der Waals surface area contributed by atoms with Crippen molar-refractivity contribution in [1.82, 2.24) is 0 Å². The molecule has 0 heterocycles. The Hall–Kier alpha value is -8.00. The van der Waals surface area contributed by atoms with Gasteiger partial charge in [-0.25, -0.2) is 0 Å². The van der Waals surface area contributed by atoms with E-state index in [4.69, 9.17) is 0 Å². The number of benzene rings is 11. The Morgan fingerprint density at radius 2 is 0.859 bits per heavy atom. The van der Waals surface area contributed by atoms with Gasteiger partial charge in [-0.2, -0.15) is 0 Å². The Morgan fingerprint density at radius 3 is 1.64 bits per heavy atom. The maximum atomic E-state index is 2.50. The van der Waals surface area contributed by atoms with Gasteiger partial charge < -0.3 is 4.90 Å². The van der Waals surface area contributed by atoms with E-state index < -0.39 is 0 Å². The second-order valence-corrected chi connectivity index (χ2v) is 17.6. The Kier molecular flexibility index (Phi) is 8.91. The summed E-state index contributed by atoms with van der Waals surface area (Å²) in [4.78, 5) is 2.50. The third-order valence-electron chi connectivity index (χ3n) is 13.7. The average molecular weight is 816 g/mol. The Bertz CT molecular complexity index is 3580. The molecule has 0 saturated carbocycles. The summed E-state index contributed by atoms with van der Waals surface area (Å²) in [5.74, 6) is 0. The van der Waals surface area contributed by atoms with Crippen LogP contribution in [0.5, 0.6) is 0 Å². The molecule has 0 N–H and O–H groups in total. The summed E-state index contributed by atoms with van der Waals surface area (Å²) >= 11 is 0. The molecule has 11 aromatic rings. The molecule has 64 heavy (non-hydrogen) atoms. The van der Waals surface area contributed by atoms with Crippen LogP contribution < -0.4 is 4.90 Å². The fourth-order valence-corrected chi connectivity index (χ4v) is 10.5. The lowest BCUT2D eigenvalue weighted by Crippen LogP contribution is -2.17. The summed E-state index contributed by atoms with van der Waals surface area (Å²) in [5.41, 5.74) is 18.1. The van der Waals surface area contributed by atoms with Crippen molar-refractivity contribution in [3.8, 4) is 55.6 Å². The maximum absolute atomic E-state index is 2.50. The molecule has 12 rings (SSSR count). The van der Waals surface area contributed by atoms with Crippen LogP contribution in [0.1, 0.15) is 25.0 Å². The van der Waals surface area contributed by atoms with E-state index in [2.05, 4.69) is 255 Å². The van der Waals surface area contributed by atoms with Crippen molar-refractivity contribution < 1.29 is 0 Å². The summed E-state index contributed by atoms with van der Waals surface area (Å²) in [6.45, 7) is 4.74. The quantitative estimate of drug-likeness (QED) is 0.145. The normalized spacial score (nSPS) is 12.7. The van der Waals surface area contributed by atoms with Crippen molar-refractivity contribution in [3.63, 3.8) is 0 Å². The fraction of sp³-hybridized carbons (Fsp3) is 0.0476. The molecular weight excluding hydrogens is 771 g/mol. The monoisotopic (exact) mass is 815 g/mol. The lowest BCUT2D eigenvalue weighted by molar-refractivity contribution is 0.660. The summed E-state index contributed by atoms with van der Waals surface area (Å²) in [5, 5.41) is 7.44. The van der Waals surface area contributed by atoms with Crippen LogP contribution in [-0.2, 0) is 5.41 Å². The molecule has 302 valence electrons. The van der Waals surface area contributed by atoms with Gasteiger partial charge in [-0.3, -0.25) is 0 Å². The molecule has 0 atom stereocenters. The maximum Gasteiger partial charge on any atom is 0.0546 e. The highest BCUT2D eigenvalue weighted by Gasteiger charge is 2.36. The van der Waals surface area contributed by atoms with Crippen LogP contribution in [0, 0.1) is 0 Å². The van der Waals surface area contributed by atoms with Gasteiger partial charge >= 0.3 is 0 Å². The molecule has 0 radical (unpaired) electrons. The number of fused-ring (bicyclic) bond motifs is 7. The zero-order valence-electron chi connectivity index (χ0n) is 36.0. The molecule has 0 unspecified atom stereocenters. The molecule has 0 spiro atoms. The number of anilines is 3. The fourth-order valence-electron chi connectivity index (χ4n) is 10.5. The highest BCUT2D eigenvalue weighted by Crippen LogP contribution is 2.53. The minimum absolute atomic E-state index is 0.161. The van der Waals surface area contributed by atoms with E-state index in [9.17, 15) is 0 Å². The number of rotatable bonds is 7.